The number of nitro benzene ring substituents is 1. The number of hydrogen-bond acceptors (Lipinski definition) is 11. The molecule has 2 saturated heterocycles. The van der Waals surface area contributed by atoms with Gasteiger partial charge in [0.2, 0.25) is 0 Å². The van der Waals surface area contributed by atoms with E-state index >= 15 is 0 Å². The number of carbonyl (C=O) groups excluding carboxylic acids is 4. The number of carboxylic acid groups (broad SMARTS) is 1. The minimum atomic E-state index is -1.23. The molecule has 0 aliphatic carbocycles. The van der Waals surface area contributed by atoms with Gasteiger partial charge in [-0.25, -0.2) is 24.0 Å². The standard InChI is InChI=1S/C32H39N5O12/c1-32(2,3)49-31(43)34-15-14-33(28(39)40)17-24(34)19-35(30(42)48-25-12-10-22(11-13-25)37(44)45)23-16-26(27(38)46-4)36(18-23)29(41)47-20-21-8-6-5-7-9-21/h5-13,23-24,26H,14-20H2,1-4H3,(H,39,40)/t23-,24?,26+/m0/s1. The summed E-state index contributed by atoms with van der Waals surface area (Å²) in [6, 6.07) is 10.6. The van der Waals surface area contributed by atoms with Crippen molar-refractivity contribution in [2.75, 3.05) is 39.8 Å². The number of carbonyl (C=O) groups is 5. The molecule has 0 radical (unpaired) electrons. The molecule has 2 aromatic carbocycles. The first kappa shape index (κ1) is 36.2. The number of piperazine rings is 1. The molecule has 49 heavy (non-hydrogen) atoms. The molecule has 0 spiro atoms. The summed E-state index contributed by atoms with van der Waals surface area (Å²) in [5, 5.41) is 20.9. The molecule has 3 atom stereocenters. The van der Waals surface area contributed by atoms with Crippen molar-refractivity contribution in [1.29, 1.82) is 0 Å². The highest BCUT2D eigenvalue weighted by molar-refractivity contribution is 5.83. The van der Waals surface area contributed by atoms with E-state index in [0.717, 1.165) is 29.0 Å². The van der Waals surface area contributed by atoms with Crippen molar-refractivity contribution in [3.05, 3.63) is 70.3 Å². The van der Waals surface area contributed by atoms with Crippen LogP contribution in [0.5, 0.6) is 5.75 Å². The second kappa shape index (κ2) is 15.5. The largest absolute Gasteiger partial charge is 0.467 e. The summed E-state index contributed by atoms with van der Waals surface area (Å²) in [5.41, 5.74) is -0.404. The molecular formula is C32H39N5O12. The Hall–Kier alpha value is -5.61. The molecule has 17 heteroatoms. The van der Waals surface area contributed by atoms with Gasteiger partial charge in [0.25, 0.3) is 5.69 Å². The predicted molar refractivity (Wildman–Crippen MR) is 170 cm³/mol. The number of amides is 4. The molecule has 17 nitrogen and oxygen atoms in total. The van der Waals surface area contributed by atoms with Crippen LogP contribution in [0.2, 0.25) is 0 Å². The Kier molecular flexibility index (Phi) is 11.5. The minimum Gasteiger partial charge on any atom is -0.467 e. The molecule has 2 heterocycles. The maximum atomic E-state index is 13.9. The Bertz CT molecular complexity index is 1530. The zero-order valence-electron chi connectivity index (χ0n) is 27.6. The van der Waals surface area contributed by atoms with Crippen LogP contribution in [0.15, 0.2) is 54.6 Å². The molecule has 1 unspecified atom stereocenters. The lowest BCUT2D eigenvalue weighted by molar-refractivity contribution is -0.384. The van der Waals surface area contributed by atoms with Crippen LogP contribution in [0.3, 0.4) is 0 Å². The Morgan fingerprint density at radius 3 is 2.22 bits per heavy atom. The first-order valence-corrected chi connectivity index (χ1v) is 15.4. The van der Waals surface area contributed by atoms with Gasteiger partial charge in [0.15, 0.2) is 0 Å². The Morgan fingerprint density at radius 1 is 0.959 bits per heavy atom. The van der Waals surface area contributed by atoms with E-state index in [1.165, 1.54) is 21.9 Å². The average Bonchev–Trinajstić information content (AvgIpc) is 3.50. The number of esters is 1. The minimum absolute atomic E-state index is 0.00675. The second-order valence-electron chi connectivity index (χ2n) is 12.4. The molecule has 2 fully saturated rings. The molecular weight excluding hydrogens is 646 g/mol. The van der Waals surface area contributed by atoms with Crippen LogP contribution >= 0.6 is 0 Å². The summed E-state index contributed by atoms with van der Waals surface area (Å²) < 4.78 is 21.6. The van der Waals surface area contributed by atoms with E-state index in [2.05, 4.69) is 0 Å². The fourth-order valence-electron chi connectivity index (χ4n) is 5.54. The SMILES string of the molecule is COC(=O)[C@H]1C[C@H](N(CC2CN(C(=O)O)CCN2C(=O)OC(C)(C)C)C(=O)Oc2ccc([N+](=O)[O-])cc2)CN1C(=O)OCc1ccccc1. The summed E-state index contributed by atoms with van der Waals surface area (Å²) in [4.78, 5) is 80.6. The number of nitrogens with zero attached hydrogens (tertiary/aromatic N) is 5. The Labute approximate surface area is 282 Å². The van der Waals surface area contributed by atoms with Crippen LogP contribution < -0.4 is 4.74 Å². The highest BCUT2D eigenvalue weighted by Crippen LogP contribution is 2.28. The zero-order chi connectivity index (χ0) is 35.9. The van der Waals surface area contributed by atoms with E-state index in [1.54, 1.807) is 51.1 Å². The van der Waals surface area contributed by atoms with Crippen molar-refractivity contribution in [2.45, 2.75) is 57.5 Å². The van der Waals surface area contributed by atoms with Crippen molar-refractivity contribution >= 4 is 36.0 Å². The topological polar surface area (TPSA) is 199 Å². The number of hydrogen-bond donors (Lipinski definition) is 1. The van der Waals surface area contributed by atoms with E-state index in [9.17, 15) is 39.2 Å². The molecule has 2 aliphatic heterocycles. The molecule has 0 aromatic heterocycles. The second-order valence-corrected chi connectivity index (χ2v) is 12.4. The van der Waals surface area contributed by atoms with Gasteiger partial charge in [-0.15, -0.1) is 0 Å². The third-order valence-corrected chi connectivity index (χ3v) is 7.91. The monoisotopic (exact) mass is 685 g/mol. The molecule has 2 aromatic rings. The zero-order valence-corrected chi connectivity index (χ0v) is 27.6. The van der Waals surface area contributed by atoms with Gasteiger partial charge >= 0.3 is 30.3 Å². The van der Waals surface area contributed by atoms with Gasteiger partial charge in [-0.1, -0.05) is 30.3 Å². The average molecular weight is 686 g/mol. The fraction of sp³-hybridized carbons (Fsp3) is 0.469. The first-order chi connectivity index (χ1) is 23.2. The van der Waals surface area contributed by atoms with E-state index < -0.39 is 59.0 Å². The normalized spacial score (nSPS) is 19.1. The molecule has 0 bridgehead atoms. The van der Waals surface area contributed by atoms with Crippen molar-refractivity contribution in [2.24, 2.45) is 0 Å². The van der Waals surface area contributed by atoms with Gasteiger partial charge in [0, 0.05) is 51.3 Å². The van der Waals surface area contributed by atoms with E-state index in [0.29, 0.717) is 5.56 Å². The summed E-state index contributed by atoms with van der Waals surface area (Å²) in [7, 11) is 1.16. The van der Waals surface area contributed by atoms with E-state index in [-0.39, 0.29) is 57.2 Å². The Morgan fingerprint density at radius 2 is 1.63 bits per heavy atom. The lowest BCUT2D eigenvalue weighted by Gasteiger charge is -2.43. The van der Waals surface area contributed by atoms with Gasteiger partial charge in [-0.2, -0.15) is 0 Å². The number of non-ortho nitro benzene ring substituents is 1. The number of benzene rings is 2. The van der Waals surface area contributed by atoms with Crippen LogP contribution in [0, 0.1) is 10.1 Å². The summed E-state index contributed by atoms with van der Waals surface area (Å²) >= 11 is 0. The quantitative estimate of drug-likeness (QED) is 0.182. The molecule has 2 aliphatic rings. The predicted octanol–water partition coefficient (Wildman–Crippen LogP) is 3.95. The lowest BCUT2D eigenvalue weighted by atomic mass is 10.1. The van der Waals surface area contributed by atoms with Gasteiger partial charge in [-0.3, -0.25) is 19.9 Å². The number of rotatable bonds is 8. The highest BCUT2D eigenvalue weighted by atomic mass is 16.6. The fourth-order valence-corrected chi connectivity index (χ4v) is 5.54. The van der Waals surface area contributed by atoms with Crippen molar-refractivity contribution in [3.8, 4) is 5.75 Å². The van der Waals surface area contributed by atoms with Crippen LogP contribution in [0.1, 0.15) is 32.8 Å². The van der Waals surface area contributed by atoms with E-state index in [4.69, 9.17) is 18.9 Å². The number of ether oxygens (including phenoxy) is 4. The van der Waals surface area contributed by atoms with Crippen LogP contribution in [0.25, 0.3) is 0 Å². The van der Waals surface area contributed by atoms with Crippen LogP contribution in [-0.2, 0) is 25.6 Å². The van der Waals surface area contributed by atoms with Gasteiger partial charge in [-0.05, 0) is 38.5 Å². The number of nitro groups is 1. The summed E-state index contributed by atoms with van der Waals surface area (Å²) in [6.07, 6.45) is -3.87. The van der Waals surface area contributed by atoms with Gasteiger partial charge < -0.3 is 33.9 Å². The third kappa shape index (κ3) is 9.48. The van der Waals surface area contributed by atoms with E-state index in [1.807, 2.05) is 0 Å². The van der Waals surface area contributed by atoms with Crippen LogP contribution in [-0.4, -0.2) is 124 Å². The van der Waals surface area contributed by atoms with Gasteiger partial charge in [0.05, 0.1) is 24.1 Å². The van der Waals surface area contributed by atoms with Crippen molar-refractivity contribution < 1.29 is 52.9 Å². The van der Waals surface area contributed by atoms with Crippen molar-refractivity contribution in [1.82, 2.24) is 19.6 Å². The molecule has 0 saturated carbocycles. The molecule has 264 valence electrons. The van der Waals surface area contributed by atoms with Crippen LogP contribution in [0.4, 0.5) is 24.9 Å². The summed E-state index contributed by atoms with van der Waals surface area (Å²) in [5.74, 6) is -0.796. The van der Waals surface area contributed by atoms with Crippen molar-refractivity contribution in [3.63, 3.8) is 0 Å². The van der Waals surface area contributed by atoms with Gasteiger partial charge in [0.1, 0.15) is 24.0 Å². The number of likely N-dealkylation sites (tertiary alicyclic amines) is 1. The molecule has 4 amide bonds. The first-order valence-electron chi connectivity index (χ1n) is 15.4. The smallest absolute Gasteiger partial charge is 0.415 e. The lowest BCUT2D eigenvalue weighted by Crippen LogP contribution is -2.62. The Balaban J connectivity index is 1.65. The summed E-state index contributed by atoms with van der Waals surface area (Å²) in [6.45, 7) is 4.22. The molecule has 4 rings (SSSR count). The molecule has 1 N–H and O–H groups in total. The maximum Gasteiger partial charge on any atom is 0.415 e. The highest BCUT2D eigenvalue weighted by Gasteiger charge is 2.47. The third-order valence-electron chi connectivity index (χ3n) is 7.91. The number of methoxy groups -OCH3 is 1. The maximum absolute atomic E-state index is 13.9.